The zero-order valence-electron chi connectivity index (χ0n) is 14.6. The van der Waals surface area contributed by atoms with E-state index in [9.17, 15) is 0 Å². The summed E-state index contributed by atoms with van der Waals surface area (Å²) in [5.41, 5.74) is 2.61. The third-order valence-electron chi connectivity index (χ3n) is 3.95. The Morgan fingerprint density at radius 3 is 2.57 bits per heavy atom. The first-order valence-corrected chi connectivity index (χ1v) is 8.44. The highest BCUT2D eigenvalue weighted by Crippen LogP contribution is 2.17. The summed E-state index contributed by atoms with van der Waals surface area (Å²) >= 11 is 0. The summed E-state index contributed by atoms with van der Waals surface area (Å²) in [4.78, 5) is 6.94. The molecule has 1 aromatic carbocycles. The number of guanidine groups is 1. The predicted molar refractivity (Wildman–Crippen MR) is 109 cm³/mol. The Bertz CT molecular complexity index is 482. The average molecular weight is 430 g/mol. The van der Waals surface area contributed by atoms with Gasteiger partial charge in [-0.05, 0) is 45.0 Å². The van der Waals surface area contributed by atoms with Crippen LogP contribution >= 0.6 is 24.0 Å². The Morgan fingerprint density at radius 2 is 1.91 bits per heavy atom. The molecule has 0 aliphatic heterocycles. The fourth-order valence-electron chi connectivity index (χ4n) is 2.95. The van der Waals surface area contributed by atoms with Gasteiger partial charge in [-0.1, -0.05) is 37.1 Å². The van der Waals surface area contributed by atoms with Crippen LogP contribution in [0, 0.1) is 0 Å². The van der Waals surface area contributed by atoms with Gasteiger partial charge in [-0.3, -0.25) is 0 Å². The van der Waals surface area contributed by atoms with Crippen LogP contribution in [0.4, 0.5) is 0 Å². The van der Waals surface area contributed by atoms with E-state index < -0.39 is 0 Å². The summed E-state index contributed by atoms with van der Waals surface area (Å²) < 4.78 is 0. The molecular weight excluding hydrogens is 399 g/mol. The van der Waals surface area contributed by atoms with Gasteiger partial charge in [0.25, 0.3) is 0 Å². The second-order valence-corrected chi connectivity index (χ2v) is 6.38. The quantitative estimate of drug-likeness (QED) is 0.413. The van der Waals surface area contributed by atoms with Gasteiger partial charge in [0.15, 0.2) is 5.96 Å². The minimum Gasteiger partial charge on any atom is -0.357 e. The van der Waals surface area contributed by atoms with Gasteiger partial charge in [0.1, 0.15) is 0 Å². The Morgan fingerprint density at radius 1 is 1.22 bits per heavy atom. The van der Waals surface area contributed by atoms with Gasteiger partial charge in [-0.25, -0.2) is 4.99 Å². The second-order valence-electron chi connectivity index (χ2n) is 6.38. The monoisotopic (exact) mass is 430 g/mol. The molecule has 130 valence electrons. The van der Waals surface area contributed by atoms with Crippen molar-refractivity contribution >= 4 is 29.9 Å². The van der Waals surface area contributed by atoms with Gasteiger partial charge >= 0.3 is 0 Å². The van der Waals surface area contributed by atoms with E-state index in [0.29, 0.717) is 6.04 Å². The molecule has 1 aromatic rings. The van der Waals surface area contributed by atoms with E-state index in [-0.39, 0.29) is 24.0 Å². The van der Waals surface area contributed by atoms with Crippen LogP contribution in [0.2, 0.25) is 0 Å². The summed E-state index contributed by atoms with van der Waals surface area (Å²) in [6.45, 7) is 4.71. The molecule has 0 atom stereocenters. The van der Waals surface area contributed by atoms with Crippen molar-refractivity contribution in [2.24, 2.45) is 4.99 Å². The number of nitrogens with zero attached hydrogens (tertiary/aromatic N) is 2. The van der Waals surface area contributed by atoms with Gasteiger partial charge in [0, 0.05) is 19.1 Å². The number of aliphatic imine (C=N–C) groups is 1. The first-order chi connectivity index (χ1) is 10.7. The van der Waals surface area contributed by atoms with Crippen molar-refractivity contribution < 1.29 is 0 Å². The Balaban J connectivity index is 0.00000264. The topological polar surface area (TPSA) is 39.7 Å². The largest absolute Gasteiger partial charge is 0.357 e. The van der Waals surface area contributed by atoms with Crippen LogP contribution in [0.25, 0.3) is 0 Å². The molecule has 1 aliphatic carbocycles. The highest BCUT2D eigenvalue weighted by Gasteiger charge is 2.15. The van der Waals surface area contributed by atoms with E-state index in [2.05, 4.69) is 60.8 Å². The van der Waals surface area contributed by atoms with E-state index >= 15 is 0 Å². The number of hydrogen-bond donors (Lipinski definition) is 2. The van der Waals surface area contributed by atoms with Crippen LogP contribution in [0.15, 0.2) is 29.3 Å². The molecule has 2 N–H and O–H groups in total. The van der Waals surface area contributed by atoms with Crippen molar-refractivity contribution in [2.45, 2.75) is 51.7 Å². The lowest BCUT2D eigenvalue weighted by atomic mass is 10.1. The SMILES string of the molecule is CCNC(=NCc1cccc(CN(C)C)c1)NC1CCCC1.I. The molecule has 4 nitrogen and oxygen atoms in total. The van der Waals surface area contributed by atoms with E-state index in [1.165, 1.54) is 36.8 Å². The van der Waals surface area contributed by atoms with Crippen LogP contribution in [-0.2, 0) is 13.1 Å². The lowest BCUT2D eigenvalue weighted by molar-refractivity contribution is 0.402. The van der Waals surface area contributed by atoms with Gasteiger partial charge in [-0.15, -0.1) is 24.0 Å². The molecule has 0 unspecified atom stereocenters. The summed E-state index contributed by atoms with van der Waals surface area (Å²) in [5, 5.41) is 6.92. The molecule has 5 heteroatoms. The van der Waals surface area contributed by atoms with Gasteiger partial charge < -0.3 is 15.5 Å². The molecule has 23 heavy (non-hydrogen) atoms. The van der Waals surface area contributed by atoms with Crippen molar-refractivity contribution in [3.63, 3.8) is 0 Å². The average Bonchev–Trinajstić information content (AvgIpc) is 2.98. The van der Waals surface area contributed by atoms with Crippen LogP contribution in [-0.4, -0.2) is 37.5 Å². The van der Waals surface area contributed by atoms with Gasteiger partial charge in [0.2, 0.25) is 0 Å². The molecule has 0 aromatic heterocycles. The maximum absolute atomic E-state index is 4.75. The third kappa shape index (κ3) is 7.52. The summed E-state index contributed by atoms with van der Waals surface area (Å²) in [5.74, 6) is 0.951. The van der Waals surface area contributed by atoms with Crippen molar-refractivity contribution in [1.29, 1.82) is 0 Å². The predicted octanol–water partition coefficient (Wildman–Crippen LogP) is 3.36. The van der Waals surface area contributed by atoms with Crippen LogP contribution in [0.1, 0.15) is 43.7 Å². The molecule has 0 heterocycles. The second kappa shape index (κ2) is 10.9. The minimum atomic E-state index is 0. The number of nitrogens with one attached hydrogen (secondary N) is 2. The Labute approximate surface area is 158 Å². The van der Waals surface area contributed by atoms with Crippen molar-refractivity contribution in [3.8, 4) is 0 Å². The fourth-order valence-corrected chi connectivity index (χ4v) is 2.95. The molecule has 1 aliphatic rings. The molecule has 1 saturated carbocycles. The summed E-state index contributed by atoms with van der Waals surface area (Å²) in [6.07, 6.45) is 5.21. The van der Waals surface area contributed by atoms with Gasteiger partial charge in [0.05, 0.1) is 6.54 Å². The lowest BCUT2D eigenvalue weighted by Crippen LogP contribution is -2.42. The van der Waals surface area contributed by atoms with Crippen molar-refractivity contribution in [3.05, 3.63) is 35.4 Å². The summed E-state index contributed by atoms with van der Waals surface area (Å²) in [6, 6.07) is 9.30. The highest BCUT2D eigenvalue weighted by molar-refractivity contribution is 14.0. The molecular formula is C18H31IN4. The number of benzene rings is 1. The number of hydrogen-bond acceptors (Lipinski definition) is 2. The Hall–Kier alpha value is -0.820. The zero-order valence-corrected chi connectivity index (χ0v) is 17.0. The van der Waals surface area contributed by atoms with E-state index in [4.69, 9.17) is 4.99 Å². The fraction of sp³-hybridized carbons (Fsp3) is 0.611. The first-order valence-electron chi connectivity index (χ1n) is 8.44. The zero-order chi connectivity index (χ0) is 15.8. The molecule has 1 fully saturated rings. The third-order valence-corrected chi connectivity index (χ3v) is 3.95. The minimum absolute atomic E-state index is 0. The molecule has 0 saturated heterocycles. The maximum atomic E-state index is 4.75. The van der Waals surface area contributed by atoms with Crippen molar-refractivity contribution in [1.82, 2.24) is 15.5 Å². The smallest absolute Gasteiger partial charge is 0.191 e. The highest BCUT2D eigenvalue weighted by atomic mass is 127. The lowest BCUT2D eigenvalue weighted by Gasteiger charge is -2.16. The van der Waals surface area contributed by atoms with Crippen molar-refractivity contribution in [2.75, 3.05) is 20.6 Å². The number of halogens is 1. The first kappa shape index (κ1) is 20.2. The molecule has 2 rings (SSSR count). The van der Waals surface area contributed by atoms with E-state index in [1.54, 1.807) is 0 Å². The van der Waals surface area contributed by atoms with Crippen LogP contribution < -0.4 is 10.6 Å². The normalized spacial score (nSPS) is 15.6. The molecule has 0 bridgehead atoms. The Kier molecular flexibility index (Phi) is 9.55. The molecule has 0 spiro atoms. The van der Waals surface area contributed by atoms with E-state index in [0.717, 1.165) is 25.6 Å². The summed E-state index contributed by atoms with van der Waals surface area (Å²) in [7, 11) is 4.19. The van der Waals surface area contributed by atoms with Crippen LogP contribution in [0.5, 0.6) is 0 Å². The van der Waals surface area contributed by atoms with Gasteiger partial charge in [-0.2, -0.15) is 0 Å². The number of rotatable bonds is 6. The standard InChI is InChI=1S/C18H30N4.HI/c1-4-19-18(21-17-10-5-6-11-17)20-13-15-8-7-9-16(12-15)14-22(2)3;/h7-9,12,17H,4-6,10-11,13-14H2,1-3H3,(H2,19,20,21);1H. The van der Waals surface area contributed by atoms with Crippen LogP contribution in [0.3, 0.4) is 0 Å². The molecule has 0 amide bonds. The maximum Gasteiger partial charge on any atom is 0.191 e. The van der Waals surface area contributed by atoms with E-state index in [1.807, 2.05) is 0 Å². The molecule has 0 radical (unpaired) electrons.